The number of amides is 2. The maximum Gasteiger partial charge on any atom is 0.471 e. The van der Waals surface area contributed by atoms with Crippen molar-refractivity contribution in [3.63, 3.8) is 0 Å². The van der Waals surface area contributed by atoms with E-state index in [1.807, 2.05) is 36.4 Å². The minimum atomic E-state index is -5.03. The van der Waals surface area contributed by atoms with Gasteiger partial charge in [0.25, 0.3) is 5.69 Å². The SMILES string of the molecule is O=C(NCc1ccc([C@@H]2O[C@H](CN3CCN(c4ccc([N+](=O)[O-])cc4)CC3)C[C@H](c3ccc(CO)cc3)O2)cc1)[C@@H]1CCCN1C(=O)C(F)(F)F. The molecule has 0 bridgehead atoms. The number of hydrogen-bond acceptors (Lipinski definition) is 9. The molecule has 3 aliphatic rings. The zero-order valence-electron chi connectivity index (χ0n) is 27.8. The van der Waals surface area contributed by atoms with Gasteiger partial charge in [0.1, 0.15) is 6.04 Å². The predicted octanol–water partition coefficient (Wildman–Crippen LogP) is 4.62. The Morgan fingerprint density at radius 3 is 2.16 bits per heavy atom. The lowest BCUT2D eigenvalue weighted by Crippen LogP contribution is -2.50. The number of nitrogens with zero attached hydrogens (tertiary/aromatic N) is 4. The van der Waals surface area contributed by atoms with Gasteiger partial charge < -0.3 is 29.7 Å². The predicted molar refractivity (Wildman–Crippen MR) is 179 cm³/mol. The third-order valence-electron chi connectivity index (χ3n) is 9.65. The Morgan fingerprint density at radius 2 is 1.53 bits per heavy atom. The highest BCUT2D eigenvalue weighted by molar-refractivity contribution is 5.90. The number of non-ortho nitro benzene ring substituents is 1. The Kier molecular flexibility index (Phi) is 11.2. The first kappa shape index (κ1) is 36.2. The third kappa shape index (κ3) is 8.84. The summed E-state index contributed by atoms with van der Waals surface area (Å²) in [5.41, 5.74) is 4.22. The first-order valence-corrected chi connectivity index (χ1v) is 16.9. The zero-order chi connectivity index (χ0) is 36.1. The summed E-state index contributed by atoms with van der Waals surface area (Å²) in [6.07, 6.45) is -5.09. The number of nitro groups is 1. The normalized spacial score (nSPS) is 22.9. The lowest BCUT2D eigenvalue weighted by atomic mass is 9.99. The lowest BCUT2D eigenvalue weighted by molar-refractivity contribution is -0.384. The van der Waals surface area contributed by atoms with E-state index in [1.54, 1.807) is 24.3 Å². The molecule has 2 N–H and O–H groups in total. The van der Waals surface area contributed by atoms with Crippen LogP contribution in [0.1, 0.15) is 53.9 Å². The largest absolute Gasteiger partial charge is 0.471 e. The second-order valence-electron chi connectivity index (χ2n) is 13.0. The molecule has 51 heavy (non-hydrogen) atoms. The van der Waals surface area contributed by atoms with Crippen molar-refractivity contribution in [1.82, 2.24) is 15.1 Å². The molecule has 3 saturated heterocycles. The molecule has 0 spiro atoms. The fourth-order valence-electron chi connectivity index (χ4n) is 6.84. The van der Waals surface area contributed by atoms with E-state index in [9.17, 15) is 38.0 Å². The molecule has 2 amide bonds. The molecule has 4 atom stereocenters. The Morgan fingerprint density at radius 1 is 0.882 bits per heavy atom. The Hall–Kier alpha value is -4.57. The number of anilines is 1. The summed E-state index contributed by atoms with van der Waals surface area (Å²) >= 11 is 0. The molecule has 3 heterocycles. The zero-order valence-corrected chi connectivity index (χ0v) is 27.8. The summed E-state index contributed by atoms with van der Waals surface area (Å²) in [6, 6.07) is 20.3. The summed E-state index contributed by atoms with van der Waals surface area (Å²) in [4.78, 5) is 40.3. The van der Waals surface area contributed by atoms with Crippen LogP contribution in [0, 0.1) is 10.1 Å². The molecule has 272 valence electrons. The van der Waals surface area contributed by atoms with E-state index in [-0.39, 0.29) is 44.0 Å². The van der Waals surface area contributed by atoms with Gasteiger partial charge in [-0.1, -0.05) is 48.5 Å². The maximum atomic E-state index is 13.0. The molecule has 6 rings (SSSR count). The number of likely N-dealkylation sites (tertiary alicyclic amines) is 1. The molecule has 0 saturated carbocycles. The molecular weight excluding hydrogens is 671 g/mol. The number of benzene rings is 3. The quantitative estimate of drug-likeness (QED) is 0.228. The molecule has 3 aliphatic heterocycles. The number of carbonyl (C=O) groups excluding carboxylic acids is 2. The van der Waals surface area contributed by atoms with Crippen LogP contribution in [0.4, 0.5) is 24.5 Å². The lowest BCUT2D eigenvalue weighted by Gasteiger charge is -2.41. The van der Waals surface area contributed by atoms with Gasteiger partial charge in [0.05, 0.1) is 23.7 Å². The first-order valence-electron chi connectivity index (χ1n) is 16.9. The molecule has 15 heteroatoms. The fraction of sp³-hybridized carbons (Fsp3) is 0.444. The summed E-state index contributed by atoms with van der Waals surface area (Å²) in [5.74, 6) is -2.62. The van der Waals surface area contributed by atoms with Gasteiger partial charge in [0, 0.05) is 75.6 Å². The third-order valence-corrected chi connectivity index (χ3v) is 9.65. The van der Waals surface area contributed by atoms with Crippen LogP contribution in [-0.4, -0.2) is 89.2 Å². The molecule has 0 unspecified atom stereocenters. The van der Waals surface area contributed by atoms with E-state index in [1.165, 1.54) is 12.1 Å². The van der Waals surface area contributed by atoms with Crippen molar-refractivity contribution < 1.29 is 42.3 Å². The van der Waals surface area contributed by atoms with Gasteiger partial charge in [-0.2, -0.15) is 13.2 Å². The van der Waals surface area contributed by atoms with Gasteiger partial charge >= 0.3 is 12.1 Å². The van der Waals surface area contributed by atoms with Crippen molar-refractivity contribution >= 4 is 23.2 Å². The van der Waals surface area contributed by atoms with E-state index in [2.05, 4.69) is 15.1 Å². The number of ether oxygens (including phenoxy) is 2. The number of nitro benzene ring substituents is 1. The van der Waals surface area contributed by atoms with Gasteiger partial charge in [0.2, 0.25) is 5.91 Å². The molecule has 0 aromatic heterocycles. The number of halogens is 3. The summed E-state index contributed by atoms with van der Waals surface area (Å²) in [7, 11) is 0. The highest BCUT2D eigenvalue weighted by atomic mass is 19.4. The highest BCUT2D eigenvalue weighted by Crippen LogP contribution is 2.38. The number of piperazine rings is 1. The molecule has 3 fully saturated rings. The molecule has 12 nitrogen and oxygen atoms in total. The van der Waals surface area contributed by atoms with Crippen molar-refractivity contribution in [1.29, 1.82) is 0 Å². The van der Waals surface area contributed by atoms with Crippen molar-refractivity contribution in [2.24, 2.45) is 0 Å². The number of carbonyl (C=O) groups is 2. The van der Waals surface area contributed by atoms with E-state index < -0.39 is 35.2 Å². The second kappa shape index (κ2) is 15.8. The van der Waals surface area contributed by atoms with Crippen LogP contribution < -0.4 is 10.2 Å². The van der Waals surface area contributed by atoms with Crippen LogP contribution in [0.3, 0.4) is 0 Å². The van der Waals surface area contributed by atoms with Gasteiger partial charge in [-0.25, -0.2) is 0 Å². The van der Waals surface area contributed by atoms with E-state index in [4.69, 9.17) is 9.47 Å². The number of aliphatic hydroxyl groups excluding tert-OH is 1. The van der Waals surface area contributed by atoms with Gasteiger partial charge in [-0.3, -0.25) is 24.6 Å². The molecular formula is C36H40F3N5O7. The van der Waals surface area contributed by atoms with E-state index in [0.717, 1.165) is 48.6 Å². The van der Waals surface area contributed by atoms with Crippen LogP contribution in [-0.2, 0) is 32.2 Å². The first-order chi connectivity index (χ1) is 24.5. The van der Waals surface area contributed by atoms with Crippen LogP contribution in [0.5, 0.6) is 0 Å². The van der Waals surface area contributed by atoms with Crippen molar-refractivity contribution in [3.05, 3.63) is 105 Å². The summed E-state index contributed by atoms with van der Waals surface area (Å²) in [6.45, 7) is 3.63. The van der Waals surface area contributed by atoms with Gasteiger partial charge in [-0.15, -0.1) is 0 Å². The average Bonchev–Trinajstić information content (AvgIpc) is 3.64. The molecule has 3 aromatic rings. The van der Waals surface area contributed by atoms with Crippen molar-refractivity contribution in [2.45, 2.75) is 63.1 Å². The highest BCUT2D eigenvalue weighted by Gasteiger charge is 2.47. The molecule has 0 aliphatic carbocycles. The Balaban J connectivity index is 1.08. The summed E-state index contributed by atoms with van der Waals surface area (Å²) < 4.78 is 52.0. The number of nitrogens with one attached hydrogen (secondary N) is 1. The number of aliphatic hydroxyl groups is 1. The van der Waals surface area contributed by atoms with Crippen LogP contribution in [0.15, 0.2) is 72.8 Å². The Labute approximate surface area is 292 Å². The van der Waals surface area contributed by atoms with Crippen LogP contribution >= 0.6 is 0 Å². The topological polar surface area (TPSA) is 138 Å². The van der Waals surface area contributed by atoms with E-state index >= 15 is 0 Å². The van der Waals surface area contributed by atoms with Crippen LogP contribution in [0.2, 0.25) is 0 Å². The summed E-state index contributed by atoms with van der Waals surface area (Å²) in [5, 5.41) is 23.2. The monoisotopic (exact) mass is 711 g/mol. The standard InChI is InChI=1S/C36H40F3N5O7/c37-36(38,39)35(47)43-15-1-2-31(43)33(46)40-21-24-3-9-27(10-4-24)34-50-30(20-32(51-34)26-7-5-25(23-45)6-8-26)22-41-16-18-42(19-17-41)28-11-13-29(14-12-28)44(48)49/h3-14,30-32,34,45H,1-2,15-23H2,(H,40,46)/t30-,31-,32+,34+/m0/s1. The van der Waals surface area contributed by atoms with Crippen LogP contribution in [0.25, 0.3) is 0 Å². The number of rotatable bonds is 10. The number of hydrogen-bond donors (Lipinski definition) is 2. The Bertz CT molecular complexity index is 1670. The minimum Gasteiger partial charge on any atom is -0.392 e. The fourth-order valence-corrected chi connectivity index (χ4v) is 6.84. The van der Waals surface area contributed by atoms with Crippen molar-refractivity contribution in [2.75, 3.05) is 44.2 Å². The smallest absolute Gasteiger partial charge is 0.392 e. The van der Waals surface area contributed by atoms with Gasteiger partial charge in [0.15, 0.2) is 6.29 Å². The average molecular weight is 712 g/mol. The maximum absolute atomic E-state index is 13.0. The number of alkyl halides is 3. The molecule has 0 radical (unpaired) electrons. The van der Waals surface area contributed by atoms with E-state index in [0.29, 0.717) is 29.8 Å². The second-order valence-corrected chi connectivity index (χ2v) is 13.0. The molecule has 3 aromatic carbocycles. The van der Waals surface area contributed by atoms with Gasteiger partial charge in [-0.05, 0) is 41.7 Å². The minimum absolute atomic E-state index is 0.0583. The van der Waals surface area contributed by atoms with Crippen molar-refractivity contribution in [3.8, 4) is 0 Å².